The summed E-state index contributed by atoms with van der Waals surface area (Å²) in [5.74, 6) is 0. The lowest BCUT2D eigenvalue weighted by atomic mass is 10.0. The van der Waals surface area contributed by atoms with Crippen LogP contribution >= 0.6 is 0 Å². The Kier molecular flexibility index (Phi) is 3.83. The van der Waals surface area contributed by atoms with Gasteiger partial charge >= 0.3 is 0 Å². The number of aryl methyl sites for hydroxylation is 1. The molecule has 2 aromatic rings. The molecular formula is C14H17N3. The van der Waals surface area contributed by atoms with Crippen molar-refractivity contribution in [3.63, 3.8) is 0 Å². The molecule has 0 aliphatic heterocycles. The van der Waals surface area contributed by atoms with Crippen molar-refractivity contribution < 1.29 is 0 Å². The van der Waals surface area contributed by atoms with Crippen LogP contribution in [-0.2, 0) is 6.42 Å². The molecule has 0 radical (unpaired) electrons. The predicted octanol–water partition coefficient (Wildman–Crippen LogP) is 2.35. The van der Waals surface area contributed by atoms with Crippen LogP contribution in [0.5, 0.6) is 0 Å². The number of rotatable bonds is 4. The van der Waals surface area contributed by atoms with Crippen LogP contribution in [0.15, 0.2) is 42.9 Å². The molecule has 1 atom stereocenters. The molecule has 0 bridgehead atoms. The normalized spacial score (nSPS) is 12.4. The second-order valence-corrected chi connectivity index (χ2v) is 3.95. The third-order valence-corrected chi connectivity index (χ3v) is 2.91. The van der Waals surface area contributed by atoms with Gasteiger partial charge in [0.2, 0.25) is 0 Å². The first-order chi connectivity index (χ1) is 8.35. The van der Waals surface area contributed by atoms with Crippen molar-refractivity contribution in [1.29, 1.82) is 0 Å². The Bertz CT molecular complexity index is 451. The van der Waals surface area contributed by atoms with E-state index in [1.165, 1.54) is 11.1 Å². The van der Waals surface area contributed by atoms with Crippen LogP contribution in [-0.4, -0.2) is 17.0 Å². The minimum absolute atomic E-state index is 0.129. The van der Waals surface area contributed by atoms with Gasteiger partial charge in [-0.2, -0.15) is 0 Å². The van der Waals surface area contributed by atoms with Crippen molar-refractivity contribution in [3.05, 3.63) is 59.7 Å². The van der Waals surface area contributed by atoms with Crippen LogP contribution < -0.4 is 5.32 Å². The largest absolute Gasteiger partial charge is 0.308 e. The highest BCUT2D eigenvalue weighted by atomic mass is 14.9. The Labute approximate surface area is 102 Å². The highest BCUT2D eigenvalue weighted by Crippen LogP contribution is 2.19. The van der Waals surface area contributed by atoms with E-state index < -0.39 is 0 Å². The van der Waals surface area contributed by atoms with Crippen molar-refractivity contribution >= 4 is 0 Å². The topological polar surface area (TPSA) is 37.8 Å². The summed E-state index contributed by atoms with van der Waals surface area (Å²) in [6, 6.07) is 10.7. The standard InChI is InChI=1S/C14H17N3/c1-3-11-4-6-12(7-5-11)14(15-2)13-8-9-16-10-17-13/h4-10,14-15H,3H2,1-2H3. The van der Waals surface area contributed by atoms with Gasteiger partial charge in [-0.25, -0.2) is 9.97 Å². The lowest BCUT2D eigenvalue weighted by Gasteiger charge is -2.16. The molecule has 0 fully saturated rings. The van der Waals surface area contributed by atoms with E-state index in [9.17, 15) is 0 Å². The number of nitrogens with zero attached hydrogens (tertiary/aromatic N) is 2. The molecule has 1 heterocycles. The van der Waals surface area contributed by atoms with Gasteiger partial charge in [-0.1, -0.05) is 31.2 Å². The molecule has 17 heavy (non-hydrogen) atoms. The van der Waals surface area contributed by atoms with Crippen molar-refractivity contribution in [2.24, 2.45) is 0 Å². The fourth-order valence-corrected chi connectivity index (χ4v) is 1.90. The molecular weight excluding hydrogens is 210 g/mol. The maximum absolute atomic E-state index is 4.30. The first-order valence-corrected chi connectivity index (χ1v) is 5.87. The molecule has 3 nitrogen and oxygen atoms in total. The molecule has 1 aromatic heterocycles. The summed E-state index contributed by atoms with van der Waals surface area (Å²) in [7, 11) is 1.94. The fraction of sp³-hybridized carbons (Fsp3) is 0.286. The fourth-order valence-electron chi connectivity index (χ4n) is 1.90. The van der Waals surface area contributed by atoms with Crippen LogP contribution in [0.1, 0.15) is 29.8 Å². The molecule has 2 rings (SSSR count). The third kappa shape index (κ3) is 2.68. The van der Waals surface area contributed by atoms with Gasteiger partial charge in [0.25, 0.3) is 0 Å². The lowest BCUT2D eigenvalue weighted by Crippen LogP contribution is -2.18. The zero-order valence-corrected chi connectivity index (χ0v) is 10.2. The summed E-state index contributed by atoms with van der Waals surface area (Å²) < 4.78 is 0. The molecule has 1 unspecified atom stereocenters. The average molecular weight is 227 g/mol. The van der Waals surface area contributed by atoms with Crippen LogP contribution in [0, 0.1) is 0 Å². The molecule has 0 aliphatic carbocycles. The maximum Gasteiger partial charge on any atom is 0.115 e. The van der Waals surface area contributed by atoms with E-state index in [2.05, 4.69) is 46.5 Å². The molecule has 1 N–H and O–H groups in total. The Morgan fingerprint density at radius 3 is 2.47 bits per heavy atom. The first kappa shape index (κ1) is 11.7. The second kappa shape index (κ2) is 5.55. The van der Waals surface area contributed by atoms with Crippen molar-refractivity contribution in [2.45, 2.75) is 19.4 Å². The van der Waals surface area contributed by atoms with Gasteiger partial charge in [0.1, 0.15) is 6.33 Å². The molecule has 1 aromatic carbocycles. The highest BCUT2D eigenvalue weighted by Gasteiger charge is 2.12. The molecule has 0 amide bonds. The van der Waals surface area contributed by atoms with E-state index >= 15 is 0 Å². The second-order valence-electron chi connectivity index (χ2n) is 3.95. The summed E-state index contributed by atoms with van der Waals surface area (Å²) in [5.41, 5.74) is 3.57. The zero-order chi connectivity index (χ0) is 12.1. The summed E-state index contributed by atoms with van der Waals surface area (Å²) in [5, 5.41) is 3.28. The van der Waals surface area contributed by atoms with Gasteiger partial charge in [0, 0.05) is 6.20 Å². The number of nitrogens with one attached hydrogen (secondary N) is 1. The number of aromatic nitrogens is 2. The zero-order valence-electron chi connectivity index (χ0n) is 10.2. The van der Waals surface area contributed by atoms with Gasteiger partial charge in [-0.05, 0) is 30.7 Å². The smallest absolute Gasteiger partial charge is 0.115 e. The van der Waals surface area contributed by atoms with Crippen LogP contribution in [0.4, 0.5) is 0 Å². The van der Waals surface area contributed by atoms with E-state index in [1.807, 2.05) is 13.1 Å². The Balaban J connectivity index is 2.29. The number of hydrogen-bond acceptors (Lipinski definition) is 3. The van der Waals surface area contributed by atoms with Crippen LogP contribution in [0.3, 0.4) is 0 Å². The van der Waals surface area contributed by atoms with E-state index in [0.29, 0.717) is 0 Å². The lowest BCUT2D eigenvalue weighted by molar-refractivity contribution is 0.668. The summed E-state index contributed by atoms with van der Waals surface area (Å²) in [6.07, 6.45) is 4.42. The number of hydrogen-bond donors (Lipinski definition) is 1. The minimum atomic E-state index is 0.129. The van der Waals surface area contributed by atoms with Crippen LogP contribution in [0.25, 0.3) is 0 Å². The first-order valence-electron chi connectivity index (χ1n) is 5.87. The third-order valence-electron chi connectivity index (χ3n) is 2.91. The van der Waals surface area contributed by atoms with E-state index in [4.69, 9.17) is 0 Å². The molecule has 3 heteroatoms. The predicted molar refractivity (Wildman–Crippen MR) is 68.8 cm³/mol. The van der Waals surface area contributed by atoms with Crippen LogP contribution in [0.2, 0.25) is 0 Å². The monoisotopic (exact) mass is 227 g/mol. The van der Waals surface area contributed by atoms with Crippen molar-refractivity contribution in [3.8, 4) is 0 Å². The van der Waals surface area contributed by atoms with E-state index in [0.717, 1.165) is 12.1 Å². The number of benzene rings is 1. The molecule has 0 spiro atoms. The highest BCUT2D eigenvalue weighted by molar-refractivity contribution is 5.30. The van der Waals surface area contributed by atoms with Gasteiger partial charge in [-0.15, -0.1) is 0 Å². The SMILES string of the molecule is CCc1ccc(C(NC)c2ccncn2)cc1. The summed E-state index contributed by atoms with van der Waals surface area (Å²) >= 11 is 0. The van der Waals surface area contributed by atoms with Gasteiger partial charge in [-0.3, -0.25) is 0 Å². The summed E-state index contributed by atoms with van der Waals surface area (Å²) in [4.78, 5) is 8.24. The Morgan fingerprint density at radius 2 is 1.94 bits per heavy atom. The average Bonchev–Trinajstić information content (AvgIpc) is 2.42. The maximum atomic E-state index is 4.30. The molecule has 0 saturated carbocycles. The van der Waals surface area contributed by atoms with Gasteiger partial charge in [0.15, 0.2) is 0 Å². The molecule has 0 saturated heterocycles. The Morgan fingerprint density at radius 1 is 1.18 bits per heavy atom. The van der Waals surface area contributed by atoms with Crippen molar-refractivity contribution in [2.75, 3.05) is 7.05 Å². The minimum Gasteiger partial charge on any atom is -0.308 e. The van der Waals surface area contributed by atoms with Gasteiger partial charge < -0.3 is 5.32 Å². The van der Waals surface area contributed by atoms with Gasteiger partial charge in [0.05, 0.1) is 11.7 Å². The molecule has 0 aliphatic rings. The summed E-state index contributed by atoms with van der Waals surface area (Å²) in [6.45, 7) is 2.16. The molecule has 88 valence electrons. The van der Waals surface area contributed by atoms with E-state index in [-0.39, 0.29) is 6.04 Å². The van der Waals surface area contributed by atoms with Crippen molar-refractivity contribution in [1.82, 2.24) is 15.3 Å². The quantitative estimate of drug-likeness (QED) is 0.871. The Hall–Kier alpha value is -1.74. The van der Waals surface area contributed by atoms with E-state index in [1.54, 1.807) is 12.5 Å².